The maximum atomic E-state index is 13.9. The van der Waals surface area contributed by atoms with Crippen molar-refractivity contribution < 1.29 is 9.90 Å². The second-order valence-corrected chi connectivity index (χ2v) is 15.2. The Morgan fingerprint density at radius 3 is 2.91 bits per heavy atom. The second kappa shape index (κ2) is 9.27. The summed E-state index contributed by atoms with van der Waals surface area (Å²) in [6.45, 7) is 3.69. The zero-order chi connectivity index (χ0) is 24.3. The van der Waals surface area contributed by atoms with Gasteiger partial charge >= 0.3 is 0 Å². The van der Waals surface area contributed by atoms with Crippen molar-refractivity contribution in [2.75, 3.05) is 24.7 Å². The van der Waals surface area contributed by atoms with E-state index in [1.54, 1.807) is 5.57 Å². The predicted octanol–water partition coefficient (Wildman–Crippen LogP) is 5.09. The largest absolute Gasteiger partial charge is 0.396 e. The molecule has 4 aliphatic carbocycles. The monoisotopic (exact) mass is 517 g/mol. The number of nitrogens with one attached hydrogen (secondary N) is 1. The molecule has 3 fully saturated rings. The first-order valence-corrected chi connectivity index (χ1v) is 16.6. The van der Waals surface area contributed by atoms with Gasteiger partial charge in [0.1, 0.15) is 0 Å². The molecule has 0 aromatic heterocycles. The van der Waals surface area contributed by atoms with Gasteiger partial charge in [-0.3, -0.25) is 9.79 Å². The van der Waals surface area contributed by atoms with Gasteiger partial charge in [0.2, 0.25) is 0 Å². The number of allylic oxidation sites excluding steroid dienone is 2. The highest BCUT2D eigenvalue weighted by Gasteiger charge is 2.73. The molecule has 6 bridgehead atoms. The molecule has 7 unspecified atom stereocenters. The van der Waals surface area contributed by atoms with Crippen molar-refractivity contribution in [2.45, 2.75) is 89.5 Å². The van der Waals surface area contributed by atoms with Gasteiger partial charge in [-0.05, 0) is 98.9 Å². The molecule has 6 aliphatic rings. The number of aliphatic hydroxyl groups is 1. The van der Waals surface area contributed by atoms with Crippen LogP contribution in [0.25, 0.3) is 0 Å². The van der Waals surface area contributed by atoms with Crippen molar-refractivity contribution in [3.63, 3.8) is 0 Å². The number of aliphatic imine (C=N–C) groups is 1. The van der Waals surface area contributed by atoms with Gasteiger partial charge in [0.25, 0.3) is 0 Å². The van der Waals surface area contributed by atoms with Gasteiger partial charge < -0.3 is 16.2 Å². The standard InChI is InChI=1S/C28H43N3O2S2/c1-26-11-14-34-35-17-27(10-12-30-25(29)31-27)9-4-5-20-23(33)16-28(26)21(6-2-3-13-32)18-7-8-19(24(20)28)22(26)15-18/h18-19,21-22,32H,2-17H2,1H3,(H3,29,30,31). The number of ketones is 1. The molecule has 7 heteroatoms. The summed E-state index contributed by atoms with van der Waals surface area (Å²) in [6, 6.07) is 0. The molecular weight excluding hydrogens is 474 g/mol. The minimum atomic E-state index is 0.00617. The minimum absolute atomic E-state index is 0.00617. The first-order chi connectivity index (χ1) is 16.9. The van der Waals surface area contributed by atoms with Crippen LogP contribution in [0.3, 0.4) is 0 Å². The lowest BCUT2D eigenvalue weighted by Gasteiger charge is -2.58. The topological polar surface area (TPSA) is 87.7 Å². The van der Waals surface area contributed by atoms with Crippen LogP contribution in [0.4, 0.5) is 0 Å². The quantitative estimate of drug-likeness (QED) is 0.356. The number of rotatable bonds is 4. The number of hydrogen-bond donors (Lipinski definition) is 3. The Kier molecular flexibility index (Phi) is 6.53. The number of aliphatic hydroxyl groups excluding tert-OH is 1. The zero-order valence-electron chi connectivity index (χ0n) is 21.3. The van der Waals surface area contributed by atoms with Crippen LogP contribution in [0.2, 0.25) is 0 Å². The van der Waals surface area contributed by atoms with E-state index in [1.165, 1.54) is 37.7 Å². The molecule has 35 heavy (non-hydrogen) atoms. The number of carbonyl (C=O) groups excluding carboxylic acids is 1. The predicted molar refractivity (Wildman–Crippen MR) is 146 cm³/mol. The van der Waals surface area contributed by atoms with Crippen molar-refractivity contribution in [1.82, 2.24) is 5.32 Å². The van der Waals surface area contributed by atoms with Crippen molar-refractivity contribution in [3.05, 3.63) is 11.1 Å². The van der Waals surface area contributed by atoms with Crippen molar-refractivity contribution in [1.29, 1.82) is 0 Å². The third-order valence-electron chi connectivity index (χ3n) is 11.3. The molecule has 2 spiro atoms. The highest BCUT2D eigenvalue weighted by Crippen LogP contribution is 2.80. The second-order valence-electron chi connectivity index (χ2n) is 12.6. The molecule has 7 atom stereocenters. The van der Waals surface area contributed by atoms with Crippen LogP contribution in [-0.2, 0) is 4.79 Å². The Morgan fingerprint density at radius 2 is 2.09 bits per heavy atom. The summed E-state index contributed by atoms with van der Waals surface area (Å²) < 4.78 is 0. The molecule has 194 valence electrons. The molecule has 0 aromatic rings. The summed E-state index contributed by atoms with van der Waals surface area (Å²) in [7, 11) is 4.07. The lowest BCUT2D eigenvalue weighted by atomic mass is 9.46. The summed E-state index contributed by atoms with van der Waals surface area (Å²) >= 11 is 0. The van der Waals surface area contributed by atoms with E-state index in [9.17, 15) is 9.90 Å². The van der Waals surface area contributed by atoms with Crippen LogP contribution < -0.4 is 11.1 Å². The number of fused-ring (bicyclic) bond motifs is 1. The Balaban J connectivity index is 1.38. The Bertz CT molecular complexity index is 937. The minimum Gasteiger partial charge on any atom is -0.396 e. The highest BCUT2D eigenvalue weighted by molar-refractivity contribution is 8.76. The SMILES string of the molecule is CC12CCSSCC3(CCCC4=C5C6CCC(CC61)C(CCCCO)C52CC4=O)CCN=C(N)N3. The number of hydrogen-bond acceptors (Lipinski definition) is 7. The lowest BCUT2D eigenvalue weighted by molar-refractivity contribution is -0.126. The Labute approximate surface area is 218 Å². The van der Waals surface area contributed by atoms with E-state index < -0.39 is 0 Å². The number of unbranched alkanes of at least 4 members (excludes halogenated alkanes) is 1. The molecule has 2 aliphatic heterocycles. The third kappa shape index (κ3) is 3.68. The maximum absolute atomic E-state index is 13.9. The van der Waals surface area contributed by atoms with Gasteiger partial charge in [0.05, 0.1) is 5.54 Å². The average molecular weight is 518 g/mol. The fraction of sp³-hybridized carbons (Fsp3) is 0.857. The molecule has 0 amide bonds. The van der Waals surface area contributed by atoms with Gasteiger partial charge in [-0.25, -0.2) is 0 Å². The highest BCUT2D eigenvalue weighted by atomic mass is 33.1. The Hall–Kier alpha value is -0.660. The normalized spacial score (nSPS) is 45.1. The number of nitrogens with zero attached hydrogens (tertiary/aromatic N) is 1. The molecule has 4 N–H and O–H groups in total. The van der Waals surface area contributed by atoms with Crippen LogP contribution in [0, 0.1) is 34.5 Å². The van der Waals surface area contributed by atoms with Gasteiger partial charge in [0, 0.05) is 36.5 Å². The fourth-order valence-electron chi connectivity index (χ4n) is 9.89. The maximum Gasteiger partial charge on any atom is 0.189 e. The number of carbonyl (C=O) groups is 1. The van der Waals surface area contributed by atoms with E-state index in [1.807, 2.05) is 21.6 Å². The van der Waals surface area contributed by atoms with E-state index in [-0.39, 0.29) is 16.4 Å². The van der Waals surface area contributed by atoms with Gasteiger partial charge in [0.15, 0.2) is 11.7 Å². The molecular formula is C28H43N3O2S2. The van der Waals surface area contributed by atoms with Crippen molar-refractivity contribution >= 4 is 33.3 Å². The lowest BCUT2D eigenvalue weighted by Crippen LogP contribution is -2.56. The molecule has 0 aromatic carbocycles. The molecule has 0 radical (unpaired) electrons. The first-order valence-electron chi connectivity index (χ1n) is 14.1. The van der Waals surface area contributed by atoms with E-state index in [2.05, 4.69) is 17.2 Å². The number of guanidine groups is 1. The Morgan fingerprint density at radius 1 is 1.20 bits per heavy atom. The third-order valence-corrected chi connectivity index (χ3v) is 13.8. The van der Waals surface area contributed by atoms with Crippen LogP contribution >= 0.6 is 21.6 Å². The first kappa shape index (κ1) is 24.7. The number of Topliss-reactive ketones (excluding diaryl/α,β-unsaturated/α-hetero) is 1. The zero-order valence-corrected chi connectivity index (χ0v) is 23.0. The van der Waals surface area contributed by atoms with E-state index in [0.717, 1.165) is 74.8 Å². The molecule has 0 saturated heterocycles. The summed E-state index contributed by atoms with van der Waals surface area (Å²) in [4.78, 5) is 18.3. The van der Waals surface area contributed by atoms with Crippen LogP contribution in [0.15, 0.2) is 16.1 Å². The molecule has 6 rings (SSSR count). The number of nitrogens with two attached hydrogens (primary N) is 1. The van der Waals surface area contributed by atoms with Crippen molar-refractivity contribution in [3.8, 4) is 0 Å². The average Bonchev–Trinajstić information content (AvgIpc) is 3.13. The summed E-state index contributed by atoms with van der Waals surface area (Å²) in [5.41, 5.74) is 9.40. The van der Waals surface area contributed by atoms with E-state index in [0.29, 0.717) is 30.2 Å². The van der Waals surface area contributed by atoms with Gasteiger partial charge in [-0.15, -0.1) is 0 Å². The molecule has 5 nitrogen and oxygen atoms in total. The summed E-state index contributed by atoms with van der Waals surface area (Å²) in [6.07, 6.45) is 13.3. The van der Waals surface area contributed by atoms with E-state index in [4.69, 9.17) is 5.73 Å². The van der Waals surface area contributed by atoms with Crippen LogP contribution in [0.1, 0.15) is 84.0 Å². The van der Waals surface area contributed by atoms with Crippen LogP contribution in [-0.4, -0.2) is 47.0 Å². The molecule has 2 heterocycles. The van der Waals surface area contributed by atoms with Crippen LogP contribution in [0.5, 0.6) is 0 Å². The molecule has 3 saturated carbocycles. The van der Waals surface area contributed by atoms with Gasteiger partial charge in [-0.2, -0.15) is 0 Å². The summed E-state index contributed by atoms with van der Waals surface area (Å²) in [5, 5.41) is 13.1. The van der Waals surface area contributed by atoms with Gasteiger partial charge in [-0.1, -0.05) is 40.5 Å². The van der Waals surface area contributed by atoms with Crippen molar-refractivity contribution in [2.24, 2.45) is 45.2 Å². The summed E-state index contributed by atoms with van der Waals surface area (Å²) in [5.74, 6) is 6.11. The van der Waals surface area contributed by atoms with E-state index >= 15 is 0 Å². The fourth-order valence-corrected chi connectivity index (χ4v) is 12.7. The smallest absolute Gasteiger partial charge is 0.189 e.